The van der Waals surface area contributed by atoms with Crippen molar-refractivity contribution in [2.45, 2.75) is 0 Å². The summed E-state index contributed by atoms with van der Waals surface area (Å²) >= 11 is 0. The van der Waals surface area contributed by atoms with Gasteiger partial charge in [0.15, 0.2) is 17.0 Å². The summed E-state index contributed by atoms with van der Waals surface area (Å²) in [7, 11) is 0. The van der Waals surface area contributed by atoms with Crippen molar-refractivity contribution in [1.29, 1.82) is 0 Å². The molecule has 4 aromatic heterocycles. The number of H-pyrrole nitrogens is 1. The van der Waals surface area contributed by atoms with Gasteiger partial charge in [0.1, 0.15) is 6.33 Å². The lowest BCUT2D eigenvalue weighted by Gasteiger charge is -2.27. The third kappa shape index (κ3) is 3.66. The van der Waals surface area contributed by atoms with Crippen molar-refractivity contribution in [1.82, 2.24) is 29.5 Å². The Kier molecular flexibility index (Phi) is 4.89. The molecule has 5 aromatic rings. The van der Waals surface area contributed by atoms with Gasteiger partial charge in [-0.3, -0.25) is 15.0 Å². The summed E-state index contributed by atoms with van der Waals surface area (Å²) in [6.45, 7) is 2.75. The quantitative estimate of drug-likeness (QED) is 0.320. The lowest BCUT2D eigenvalue weighted by Crippen LogP contribution is -2.37. The summed E-state index contributed by atoms with van der Waals surface area (Å²) < 4.78 is 7.42. The molecule has 0 spiro atoms. The second-order valence-electron chi connectivity index (χ2n) is 7.62. The zero-order chi connectivity index (χ0) is 22.0. The van der Waals surface area contributed by atoms with Crippen molar-refractivity contribution in [3.8, 4) is 5.69 Å². The second-order valence-corrected chi connectivity index (χ2v) is 7.62. The van der Waals surface area contributed by atoms with Crippen LogP contribution in [0, 0.1) is 0 Å². The van der Waals surface area contributed by atoms with E-state index in [1.54, 1.807) is 24.9 Å². The van der Waals surface area contributed by atoms with E-state index in [1.807, 2.05) is 41.1 Å². The summed E-state index contributed by atoms with van der Waals surface area (Å²) in [5.74, 6) is 1.16. The van der Waals surface area contributed by atoms with Gasteiger partial charge in [-0.15, -0.1) is 0 Å². The van der Waals surface area contributed by atoms with Crippen LogP contribution in [0.4, 0.5) is 11.8 Å². The number of nitrogens with one attached hydrogen (secondary N) is 2. The molecule has 1 aromatic carbocycles. The minimum Gasteiger partial charge on any atom is -0.378 e. The molecule has 10 heteroatoms. The van der Waals surface area contributed by atoms with Crippen LogP contribution in [0.2, 0.25) is 0 Å². The van der Waals surface area contributed by atoms with Gasteiger partial charge in [0, 0.05) is 48.1 Å². The molecule has 33 heavy (non-hydrogen) atoms. The topological polar surface area (TPSA) is 109 Å². The van der Waals surface area contributed by atoms with Crippen molar-refractivity contribution in [3.63, 3.8) is 0 Å². The molecule has 0 aliphatic carbocycles. The molecule has 0 radical (unpaired) electrons. The Hall–Kier alpha value is -4.31. The zero-order valence-electron chi connectivity index (χ0n) is 17.7. The molecule has 6 rings (SSSR count). The summed E-state index contributed by atoms with van der Waals surface area (Å²) in [6, 6.07) is 11.9. The van der Waals surface area contributed by atoms with E-state index in [0.29, 0.717) is 36.1 Å². The van der Waals surface area contributed by atoms with Crippen LogP contribution >= 0.6 is 0 Å². The minimum atomic E-state index is 0.547. The number of aromatic amines is 1. The van der Waals surface area contributed by atoms with E-state index >= 15 is 0 Å². The molecule has 5 heterocycles. The number of anilines is 2. The number of para-hydroxylation sites is 1. The molecule has 0 saturated carbocycles. The molecule has 0 bridgehead atoms. The smallest absolute Gasteiger partial charge is 0.229 e. The third-order valence-electron chi connectivity index (χ3n) is 5.61. The van der Waals surface area contributed by atoms with Crippen LogP contribution in [0.25, 0.3) is 27.8 Å². The van der Waals surface area contributed by atoms with Crippen molar-refractivity contribution < 1.29 is 4.74 Å². The van der Waals surface area contributed by atoms with Gasteiger partial charge in [-0.05, 0) is 18.2 Å². The first-order valence-electron chi connectivity index (χ1n) is 10.7. The van der Waals surface area contributed by atoms with Gasteiger partial charge in [0.05, 0.1) is 25.1 Å². The molecule has 1 aliphatic rings. The lowest BCUT2D eigenvalue weighted by molar-refractivity contribution is 0.122. The Balaban J connectivity index is 1.40. The molecule has 1 saturated heterocycles. The average Bonchev–Trinajstić information content (AvgIpc) is 3.50. The van der Waals surface area contributed by atoms with E-state index in [-0.39, 0.29) is 0 Å². The van der Waals surface area contributed by atoms with Crippen LogP contribution in [0.5, 0.6) is 0 Å². The number of hydrogen-bond donors (Lipinski definition) is 2. The van der Waals surface area contributed by atoms with Crippen molar-refractivity contribution in [3.05, 3.63) is 66.9 Å². The van der Waals surface area contributed by atoms with Gasteiger partial charge < -0.3 is 14.6 Å². The number of pyridine rings is 1. The number of imidazole rings is 1. The molecule has 0 amide bonds. The fourth-order valence-corrected chi connectivity index (χ4v) is 3.93. The first-order chi connectivity index (χ1) is 16.4. The average molecular weight is 439 g/mol. The van der Waals surface area contributed by atoms with E-state index in [4.69, 9.17) is 14.7 Å². The largest absolute Gasteiger partial charge is 0.378 e. The van der Waals surface area contributed by atoms with Crippen LogP contribution in [-0.2, 0) is 4.74 Å². The number of nitrogens with zero attached hydrogens (tertiary/aromatic N) is 7. The number of benzene rings is 1. The number of rotatable bonds is 5. The molecular weight excluding hydrogens is 418 g/mol. The summed E-state index contributed by atoms with van der Waals surface area (Å²) in [4.78, 5) is 23.6. The lowest BCUT2D eigenvalue weighted by atomic mass is 10.2. The van der Waals surface area contributed by atoms with Crippen LogP contribution < -0.4 is 10.3 Å². The molecule has 0 atom stereocenters. The molecular formula is C23H21N9O. The van der Waals surface area contributed by atoms with Gasteiger partial charge in [0.2, 0.25) is 5.95 Å². The third-order valence-corrected chi connectivity index (χ3v) is 5.61. The Morgan fingerprint density at radius 1 is 1.06 bits per heavy atom. The summed E-state index contributed by atoms with van der Waals surface area (Å²) in [5, 5.41) is 5.57. The highest BCUT2D eigenvalue weighted by molar-refractivity contribution is 5.99. The molecule has 2 N–H and O–H groups in total. The number of morpholine rings is 1. The Bertz CT molecular complexity index is 1430. The highest BCUT2D eigenvalue weighted by atomic mass is 16.5. The van der Waals surface area contributed by atoms with Crippen molar-refractivity contribution in [2.75, 3.05) is 36.6 Å². The predicted molar refractivity (Wildman–Crippen MR) is 127 cm³/mol. The van der Waals surface area contributed by atoms with Crippen LogP contribution in [0.1, 0.15) is 5.56 Å². The van der Waals surface area contributed by atoms with Crippen LogP contribution in [0.3, 0.4) is 0 Å². The van der Waals surface area contributed by atoms with Crippen LogP contribution in [-0.4, -0.2) is 62.0 Å². The Morgan fingerprint density at radius 2 is 1.91 bits per heavy atom. The van der Waals surface area contributed by atoms with Gasteiger partial charge in [0.25, 0.3) is 0 Å². The maximum Gasteiger partial charge on any atom is 0.229 e. The van der Waals surface area contributed by atoms with Crippen molar-refractivity contribution in [2.24, 2.45) is 5.10 Å². The first-order valence-corrected chi connectivity index (χ1v) is 10.7. The van der Waals surface area contributed by atoms with E-state index in [2.05, 4.69) is 36.4 Å². The van der Waals surface area contributed by atoms with Gasteiger partial charge >= 0.3 is 0 Å². The Morgan fingerprint density at radius 3 is 2.79 bits per heavy atom. The molecule has 164 valence electrons. The normalized spacial score (nSPS) is 14.5. The SMILES string of the molecule is C(=NNc1nc(N2CCOCC2)nc2c1ncn2-c1ccncc1)c1c[nH]c2ccccc12. The monoisotopic (exact) mass is 439 g/mol. The number of ether oxygens (including phenoxy) is 1. The van der Waals surface area contributed by atoms with Gasteiger partial charge in [-0.2, -0.15) is 15.1 Å². The molecule has 1 aliphatic heterocycles. The number of hydrogen-bond acceptors (Lipinski definition) is 8. The summed E-state index contributed by atoms with van der Waals surface area (Å²) in [5.41, 5.74) is 7.40. The van der Waals surface area contributed by atoms with Gasteiger partial charge in [-0.25, -0.2) is 4.98 Å². The Labute approximate surface area is 189 Å². The fourth-order valence-electron chi connectivity index (χ4n) is 3.93. The second kappa shape index (κ2) is 8.32. The molecule has 10 nitrogen and oxygen atoms in total. The predicted octanol–water partition coefficient (Wildman–Crippen LogP) is 2.97. The summed E-state index contributed by atoms with van der Waals surface area (Å²) in [6.07, 6.45) is 8.95. The van der Waals surface area contributed by atoms with E-state index in [1.165, 1.54) is 0 Å². The van der Waals surface area contributed by atoms with Gasteiger partial charge in [-0.1, -0.05) is 18.2 Å². The van der Waals surface area contributed by atoms with E-state index < -0.39 is 0 Å². The molecule has 0 unspecified atom stereocenters. The number of aromatic nitrogens is 6. The van der Waals surface area contributed by atoms with E-state index in [9.17, 15) is 0 Å². The van der Waals surface area contributed by atoms with E-state index in [0.717, 1.165) is 35.2 Å². The number of fused-ring (bicyclic) bond motifs is 2. The minimum absolute atomic E-state index is 0.547. The van der Waals surface area contributed by atoms with Crippen LogP contribution in [0.15, 0.2) is 66.4 Å². The standard InChI is InChI=1S/C23H21N9O/c1-2-4-19-18(3-1)16(13-25-19)14-27-30-21-20-22(29-23(28-21)31-9-11-33-12-10-31)32(15-26-20)17-5-7-24-8-6-17/h1-8,13-15,25H,9-12H2,(H,28,29,30). The maximum atomic E-state index is 5.49. The fraction of sp³-hybridized carbons (Fsp3) is 0.174. The zero-order valence-corrected chi connectivity index (χ0v) is 17.7. The first kappa shape index (κ1) is 19.4. The molecule has 1 fully saturated rings. The highest BCUT2D eigenvalue weighted by Gasteiger charge is 2.19. The highest BCUT2D eigenvalue weighted by Crippen LogP contribution is 2.25. The maximum absolute atomic E-state index is 5.49. The number of hydrazone groups is 1. The van der Waals surface area contributed by atoms with Crippen molar-refractivity contribution >= 4 is 40.0 Å².